The van der Waals surface area contributed by atoms with Gasteiger partial charge < -0.3 is 10.4 Å². The van der Waals surface area contributed by atoms with Crippen molar-refractivity contribution in [1.29, 1.82) is 5.26 Å². The largest absolute Gasteiger partial charge is 0.508 e. The molecular weight excluding hydrogens is 352 g/mol. The fourth-order valence-corrected chi connectivity index (χ4v) is 3.16. The molecule has 0 bridgehead atoms. The van der Waals surface area contributed by atoms with Gasteiger partial charge >= 0.3 is 0 Å². The first-order valence-corrected chi connectivity index (χ1v) is 8.73. The lowest BCUT2D eigenvalue weighted by Crippen LogP contribution is -2.47. The van der Waals surface area contributed by atoms with Gasteiger partial charge in [0.15, 0.2) is 6.19 Å². The summed E-state index contributed by atoms with van der Waals surface area (Å²) < 4.78 is 0. The molecule has 2 aromatic carbocycles. The molecule has 0 spiro atoms. The van der Waals surface area contributed by atoms with E-state index in [2.05, 4.69) is 11.5 Å². The van der Waals surface area contributed by atoms with Gasteiger partial charge in [0.2, 0.25) is 0 Å². The van der Waals surface area contributed by atoms with Crippen LogP contribution in [-0.4, -0.2) is 40.2 Å². The summed E-state index contributed by atoms with van der Waals surface area (Å²) in [5, 5.41) is 25.4. The smallest absolute Gasteiger partial charge is 0.264 e. The van der Waals surface area contributed by atoms with Crippen LogP contribution in [0.15, 0.2) is 48.5 Å². The molecule has 1 fully saturated rings. The lowest BCUT2D eigenvalue weighted by molar-refractivity contribution is -0.140. The Balaban J connectivity index is 1.83. The van der Waals surface area contributed by atoms with Crippen molar-refractivity contribution in [1.82, 2.24) is 10.0 Å². The number of hydrogen-bond donors (Lipinski definition) is 2. The van der Waals surface area contributed by atoms with Crippen LogP contribution in [0.4, 0.5) is 5.69 Å². The molecule has 1 amide bonds. The number of carbonyl (C=O) groups is 1. The second-order valence-electron chi connectivity index (χ2n) is 6.12. The summed E-state index contributed by atoms with van der Waals surface area (Å²) in [7, 11) is 0. The molecule has 0 radical (unpaired) electrons. The van der Waals surface area contributed by atoms with Crippen LogP contribution in [0.5, 0.6) is 5.75 Å². The fourth-order valence-electron chi connectivity index (χ4n) is 2.97. The Hall–Kier alpha value is -2.91. The van der Waals surface area contributed by atoms with Gasteiger partial charge in [-0.25, -0.2) is 10.0 Å². The highest BCUT2D eigenvalue weighted by Gasteiger charge is 2.31. The molecule has 1 unspecified atom stereocenters. The molecule has 134 valence electrons. The summed E-state index contributed by atoms with van der Waals surface area (Å²) in [6, 6.07) is 13.3. The number of benzene rings is 2. The van der Waals surface area contributed by atoms with Gasteiger partial charge in [0.25, 0.3) is 5.91 Å². The standard InChI is InChI=1S/C19H19ClN4O2/c20-15-3-1-4-16(12-15)22-18(11-14-5-7-17(25)8-6-14)19(26)24-10-2-9-23(24)13-21/h1,3-8,12,18,22,25H,2,9-11H2. The van der Waals surface area contributed by atoms with Crippen molar-refractivity contribution in [3.8, 4) is 11.9 Å². The number of phenols is 1. The Labute approximate surface area is 157 Å². The molecule has 2 aromatic rings. The third-order valence-electron chi connectivity index (χ3n) is 4.24. The van der Waals surface area contributed by atoms with E-state index in [-0.39, 0.29) is 11.7 Å². The summed E-state index contributed by atoms with van der Waals surface area (Å²) in [5.74, 6) is 0.00623. The van der Waals surface area contributed by atoms with E-state index in [0.29, 0.717) is 24.5 Å². The van der Waals surface area contributed by atoms with Gasteiger partial charge in [0.1, 0.15) is 11.8 Å². The average molecular weight is 371 g/mol. The summed E-state index contributed by atoms with van der Waals surface area (Å²) in [4.78, 5) is 13.1. The van der Waals surface area contributed by atoms with Crippen LogP contribution in [-0.2, 0) is 11.2 Å². The van der Waals surface area contributed by atoms with Gasteiger partial charge in [0.05, 0.1) is 6.54 Å². The van der Waals surface area contributed by atoms with Crippen LogP contribution >= 0.6 is 11.6 Å². The number of aromatic hydroxyl groups is 1. The maximum absolute atomic E-state index is 13.1. The van der Waals surface area contributed by atoms with Crippen molar-refractivity contribution in [2.24, 2.45) is 0 Å². The van der Waals surface area contributed by atoms with E-state index in [1.807, 2.05) is 12.1 Å². The minimum Gasteiger partial charge on any atom is -0.508 e. The monoisotopic (exact) mass is 370 g/mol. The second-order valence-corrected chi connectivity index (χ2v) is 6.55. The zero-order chi connectivity index (χ0) is 18.5. The van der Waals surface area contributed by atoms with Crippen LogP contribution in [0.25, 0.3) is 0 Å². The number of hydrazine groups is 1. The number of carbonyl (C=O) groups excluding carboxylic acids is 1. The Kier molecular flexibility index (Phi) is 5.49. The number of anilines is 1. The quantitative estimate of drug-likeness (QED) is 0.791. The minimum atomic E-state index is -0.563. The maximum Gasteiger partial charge on any atom is 0.264 e. The van der Waals surface area contributed by atoms with E-state index in [9.17, 15) is 15.2 Å². The molecule has 0 saturated carbocycles. The molecule has 1 saturated heterocycles. The number of phenolic OH excluding ortho intramolecular Hbond substituents is 1. The molecule has 1 heterocycles. The Morgan fingerprint density at radius 3 is 2.73 bits per heavy atom. The van der Waals surface area contributed by atoms with E-state index in [0.717, 1.165) is 17.7 Å². The number of hydrogen-bond acceptors (Lipinski definition) is 5. The van der Waals surface area contributed by atoms with Gasteiger partial charge in [-0.05, 0) is 42.3 Å². The number of nitrogens with zero attached hydrogens (tertiary/aromatic N) is 3. The molecule has 3 rings (SSSR count). The molecule has 6 nitrogen and oxygen atoms in total. The Morgan fingerprint density at radius 1 is 1.27 bits per heavy atom. The number of rotatable bonds is 5. The van der Waals surface area contributed by atoms with Gasteiger partial charge in [-0.1, -0.05) is 29.8 Å². The van der Waals surface area contributed by atoms with Crippen molar-refractivity contribution >= 4 is 23.2 Å². The van der Waals surface area contributed by atoms with Gasteiger partial charge in [-0.3, -0.25) is 4.79 Å². The van der Waals surface area contributed by atoms with Crippen LogP contribution in [0.3, 0.4) is 0 Å². The highest BCUT2D eigenvalue weighted by Crippen LogP contribution is 2.20. The summed E-state index contributed by atoms with van der Waals surface area (Å²) in [6.07, 6.45) is 3.23. The highest BCUT2D eigenvalue weighted by atomic mass is 35.5. The molecule has 2 N–H and O–H groups in total. The number of nitrogens with one attached hydrogen (secondary N) is 1. The van der Waals surface area contributed by atoms with Crippen molar-refractivity contribution in [2.75, 3.05) is 18.4 Å². The Morgan fingerprint density at radius 2 is 2.04 bits per heavy atom. The number of amides is 1. The van der Waals surface area contributed by atoms with Crippen LogP contribution in [0, 0.1) is 11.5 Å². The first-order valence-electron chi connectivity index (χ1n) is 8.35. The Bertz CT molecular complexity index is 819. The van der Waals surface area contributed by atoms with E-state index in [4.69, 9.17) is 11.6 Å². The molecule has 0 aromatic heterocycles. The lowest BCUT2D eigenvalue weighted by atomic mass is 10.0. The van der Waals surface area contributed by atoms with Crippen molar-refractivity contribution in [3.63, 3.8) is 0 Å². The number of halogens is 1. The molecule has 1 aliphatic heterocycles. The first-order chi connectivity index (χ1) is 12.6. The molecule has 1 atom stereocenters. The third-order valence-corrected chi connectivity index (χ3v) is 4.48. The molecule has 7 heteroatoms. The minimum absolute atomic E-state index is 0.169. The van der Waals surface area contributed by atoms with Crippen LogP contribution in [0.1, 0.15) is 12.0 Å². The molecule has 0 aliphatic carbocycles. The lowest BCUT2D eigenvalue weighted by Gasteiger charge is -2.28. The summed E-state index contributed by atoms with van der Waals surface area (Å²) in [5.41, 5.74) is 1.63. The SMILES string of the molecule is N#CN1CCCN1C(=O)C(Cc1ccc(O)cc1)Nc1cccc(Cl)c1. The topological polar surface area (TPSA) is 79.6 Å². The average Bonchev–Trinajstić information content (AvgIpc) is 3.11. The normalized spacial score (nSPS) is 14.8. The van der Waals surface area contributed by atoms with E-state index in [1.165, 1.54) is 10.0 Å². The van der Waals surface area contributed by atoms with E-state index >= 15 is 0 Å². The predicted molar refractivity (Wildman–Crippen MR) is 99.3 cm³/mol. The van der Waals surface area contributed by atoms with Crippen molar-refractivity contribution in [2.45, 2.75) is 18.9 Å². The summed E-state index contributed by atoms with van der Waals surface area (Å²) in [6.45, 7) is 1.07. The molecule has 1 aliphatic rings. The fraction of sp³-hybridized carbons (Fsp3) is 0.263. The van der Waals surface area contributed by atoms with Crippen molar-refractivity contribution in [3.05, 3.63) is 59.1 Å². The van der Waals surface area contributed by atoms with Gasteiger partial charge in [-0.15, -0.1) is 0 Å². The first kappa shape index (κ1) is 17.9. The van der Waals surface area contributed by atoms with Crippen LogP contribution in [0.2, 0.25) is 5.02 Å². The maximum atomic E-state index is 13.1. The zero-order valence-electron chi connectivity index (χ0n) is 14.1. The van der Waals surface area contributed by atoms with Crippen LogP contribution < -0.4 is 5.32 Å². The summed E-state index contributed by atoms with van der Waals surface area (Å²) >= 11 is 6.04. The van der Waals surface area contributed by atoms with Gasteiger partial charge in [0, 0.05) is 23.7 Å². The third kappa shape index (κ3) is 4.19. The predicted octanol–water partition coefficient (Wildman–Crippen LogP) is 3.00. The van der Waals surface area contributed by atoms with Gasteiger partial charge in [-0.2, -0.15) is 5.26 Å². The highest BCUT2D eigenvalue weighted by molar-refractivity contribution is 6.30. The zero-order valence-corrected chi connectivity index (χ0v) is 14.9. The molecule has 26 heavy (non-hydrogen) atoms. The molecular formula is C19H19ClN4O2. The van der Waals surface area contributed by atoms with E-state index < -0.39 is 6.04 Å². The second kappa shape index (κ2) is 7.98. The van der Waals surface area contributed by atoms with E-state index in [1.54, 1.807) is 36.4 Å². The van der Waals surface area contributed by atoms with Crippen molar-refractivity contribution < 1.29 is 9.90 Å². The number of nitriles is 1.